The van der Waals surface area contributed by atoms with Crippen LogP contribution in [0.4, 0.5) is 0 Å². The molecule has 0 amide bonds. The Hall–Kier alpha value is -4.05. The third kappa shape index (κ3) is 3.85. The van der Waals surface area contributed by atoms with Gasteiger partial charge in [0, 0.05) is 10.0 Å². The highest BCUT2D eigenvalue weighted by Crippen LogP contribution is 2.41. The first-order valence-electron chi connectivity index (χ1n) is 10.4. The van der Waals surface area contributed by atoms with E-state index in [0.717, 1.165) is 0 Å². The maximum Gasteiger partial charge on any atom is 0.269 e. The molecule has 0 unspecified atom stereocenters. The maximum absolute atomic E-state index is 13.8. The van der Waals surface area contributed by atoms with E-state index >= 15 is 0 Å². The van der Waals surface area contributed by atoms with Crippen LogP contribution < -0.4 is 25.2 Å². The Balaban J connectivity index is 1.88. The average Bonchev–Trinajstić information content (AvgIpc) is 3.38. The van der Waals surface area contributed by atoms with Gasteiger partial charge in [-0.25, -0.2) is 0 Å². The standard InChI is InChI=1S/C25H19BrN2O7/c1-31-18-9-13(10-19(32-2)22(18)33-3)23-27-24-20(25(30)28(23)12-15-5-4-8-34-15)21(29)16-11-14(26)6-7-17(16)35-24/h4-11H,12H2,1-3H3. The molecule has 0 aliphatic rings. The zero-order valence-electron chi connectivity index (χ0n) is 19.0. The first-order chi connectivity index (χ1) is 16.9. The van der Waals surface area contributed by atoms with E-state index < -0.39 is 11.0 Å². The molecule has 0 saturated heterocycles. The molecule has 3 aromatic heterocycles. The predicted molar refractivity (Wildman–Crippen MR) is 133 cm³/mol. The molecule has 0 aliphatic heterocycles. The molecule has 5 rings (SSSR count). The minimum absolute atomic E-state index is 0.0384. The van der Waals surface area contributed by atoms with E-state index in [1.165, 1.54) is 32.2 Å². The Labute approximate surface area is 206 Å². The van der Waals surface area contributed by atoms with Crippen molar-refractivity contribution < 1.29 is 23.0 Å². The largest absolute Gasteiger partial charge is 0.493 e. The number of halogens is 1. The lowest BCUT2D eigenvalue weighted by molar-refractivity contribution is 0.324. The van der Waals surface area contributed by atoms with Crippen molar-refractivity contribution in [1.29, 1.82) is 0 Å². The van der Waals surface area contributed by atoms with Crippen molar-refractivity contribution in [2.24, 2.45) is 0 Å². The highest BCUT2D eigenvalue weighted by Gasteiger charge is 2.22. The molecule has 178 valence electrons. The number of nitrogens with zero attached hydrogens (tertiary/aromatic N) is 2. The van der Waals surface area contributed by atoms with Crippen LogP contribution in [0.2, 0.25) is 0 Å². The molecule has 0 N–H and O–H groups in total. The summed E-state index contributed by atoms with van der Waals surface area (Å²) in [6, 6.07) is 11.8. The van der Waals surface area contributed by atoms with Crippen molar-refractivity contribution in [3.8, 4) is 28.6 Å². The summed E-state index contributed by atoms with van der Waals surface area (Å²) in [4.78, 5) is 31.7. The van der Waals surface area contributed by atoms with Crippen LogP contribution in [0.15, 0.2) is 71.6 Å². The van der Waals surface area contributed by atoms with Gasteiger partial charge in [-0.15, -0.1) is 0 Å². The molecule has 2 aromatic carbocycles. The third-order valence-corrected chi connectivity index (χ3v) is 6.07. The van der Waals surface area contributed by atoms with Gasteiger partial charge in [-0.3, -0.25) is 14.2 Å². The van der Waals surface area contributed by atoms with Crippen LogP contribution in [0.3, 0.4) is 0 Å². The topological polar surface area (TPSA) is 106 Å². The van der Waals surface area contributed by atoms with Crippen LogP contribution in [0.25, 0.3) is 33.5 Å². The summed E-state index contributed by atoms with van der Waals surface area (Å²) in [7, 11) is 4.49. The van der Waals surface area contributed by atoms with E-state index in [9.17, 15) is 9.59 Å². The SMILES string of the molecule is COc1cc(-c2nc3oc4ccc(Br)cc4c(=O)c3c(=O)n2Cc2ccco2)cc(OC)c1OC. The fourth-order valence-electron chi connectivity index (χ4n) is 3.95. The molecule has 10 heteroatoms. The number of rotatable bonds is 6. The molecule has 5 aromatic rings. The Morgan fingerprint density at radius 3 is 2.37 bits per heavy atom. The first kappa shape index (κ1) is 22.7. The molecule has 0 saturated carbocycles. The summed E-state index contributed by atoms with van der Waals surface area (Å²) in [6.45, 7) is 0.0384. The van der Waals surface area contributed by atoms with E-state index in [0.29, 0.717) is 38.6 Å². The molecule has 0 atom stereocenters. The number of hydrogen-bond acceptors (Lipinski definition) is 8. The summed E-state index contributed by atoms with van der Waals surface area (Å²) in [5, 5.41) is 0.120. The lowest BCUT2D eigenvalue weighted by Gasteiger charge is -2.16. The molecule has 0 fully saturated rings. The zero-order chi connectivity index (χ0) is 24.7. The van der Waals surface area contributed by atoms with Gasteiger partial charge in [0.05, 0.1) is 39.5 Å². The fourth-order valence-corrected chi connectivity index (χ4v) is 4.31. The van der Waals surface area contributed by atoms with E-state index in [1.807, 2.05) is 0 Å². The number of aromatic nitrogens is 2. The molecule has 0 radical (unpaired) electrons. The Kier molecular flexibility index (Phi) is 5.81. The number of hydrogen-bond donors (Lipinski definition) is 0. The second kappa shape index (κ2) is 8.95. The summed E-state index contributed by atoms with van der Waals surface area (Å²) in [5.41, 5.74) is -0.300. The van der Waals surface area contributed by atoms with Crippen LogP contribution in [-0.4, -0.2) is 30.9 Å². The van der Waals surface area contributed by atoms with Gasteiger partial charge in [-0.1, -0.05) is 15.9 Å². The highest BCUT2D eigenvalue weighted by molar-refractivity contribution is 9.10. The van der Waals surface area contributed by atoms with Gasteiger partial charge in [0.2, 0.25) is 16.9 Å². The smallest absolute Gasteiger partial charge is 0.269 e. The lowest BCUT2D eigenvalue weighted by Crippen LogP contribution is -2.28. The van der Waals surface area contributed by atoms with Crippen LogP contribution >= 0.6 is 15.9 Å². The van der Waals surface area contributed by atoms with E-state index in [2.05, 4.69) is 20.9 Å². The highest BCUT2D eigenvalue weighted by atomic mass is 79.9. The van der Waals surface area contributed by atoms with Gasteiger partial charge in [0.1, 0.15) is 17.2 Å². The molecule has 0 bridgehead atoms. The van der Waals surface area contributed by atoms with Gasteiger partial charge in [-0.2, -0.15) is 4.98 Å². The second-order valence-electron chi connectivity index (χ2n) is 7.57. The lowest BCUT2D eigenvalue weighted by atomic mass is 10.1. The molecule has 3 heterocycles. The van der Waals surface area contributed by atoms with Crippen LogP contribution in [-0.2, 0) is 6.54 Å². The van der Waals surface area contributed by atoms with Crippen LogP contribution in [0, 0.1) is 0 Å². The minimum Gasteiger partial charge on any atom is -0.493 e. The van der Waals surface area contributed by atoms with Crippen LogP contribution in [0.5, 0.6) is 17.2 Å². The molecular formula is C25H19BrN2O7. The Bertz CT molecular complexity index is 1660. The normalized spacial score (nSPS) is 11.2. The number of furan rings is 1. The monoisotopic (exact) mass is 538 g/mol. The number of methoxy groups -OCH3 is 3. The third-order valence-electron chi connectivity index (χ3n) is 5.57. The van der Waals surface area contributed by atoms with Crippen molar-refractivity contribution in [2.45, 2.75) is 6.54 Å². The Morgan fingerprint density at radius 2 is 1.74 bits per heavy atom. The summed E-state index contributed by atoms with van der Waals surface area (Å²) < 4.78 is 29.8. The van der Waals surface area contributed by atoms with Gasteiger partial charge in [0.25, 0.3) is 5.56 Å². The fraction of sp³-hybridized carbons (Fsp3) is 0.160. The number of fused-ring (bicyclic) bond motifs is 2. The van der Waals surface area contributed by atoms with Crippen molar-refractivity contribution in [3.63, 3.8) is 0 Å². The van der Waals surface area contributed by atoms with Gasteiger partial charge >= 0.3 is 0 Å². The minimum atomic E-state index is -0.564. The van der Waals surface area contributed by atoms with E-state index in [-0.39, 0.29) is 28.9 Å². The summed E-state index contributed by atoms with van der Waals surface area (Å²) >= 11 is 3.36. The summed E-state index contributed by atoms with van der Waals surface area (Å²) in [6.07, 6.45) is 1.51. The van der Waals surface area contributed by atoms with Gasteiger partial charge in [-0.05, 0) is 42.5 Å². The first-order valence-corrected chi connectivity index (χ1v) is 11.2. The molecule has 35 heavy (non-hydrogen) atoms. The molecule has 9 nitrogen and oxygen atoms in total. The number of benzene rings is 2. The number of ether oxygens (including phenoxy) is 3. The van der Waals surface area contributed by atoms with Gasteiger partial charge in [0.15, 0.2) is 16.9 Å². The molecule has 0 aliphatic carbocycles. The van der Waals surface area contributed by atoms with Crippen molar-refractivity contribution in [3.05, 3.63) is 79.5 Å². The van der Waals surface area contributed by atoms with Crippen molar-refractivity contribution >= 4 is 38.0 Å². The Morgan fingerprint density at radius 1 is 1.00 bits per heavy atom. The summed E-state index contributed by atoms with van der Waals surface area (Å²) in [5.74, 6) is 1.89. The zero-order valence-corrected chi connectivity index (χ0v) is 20.5. The molecule has 0 spiro atoms. The van der Waals surface area contributed by atoms with E-state index in [4.69, 9.17) is 23.0 Å². The average molecular weight is 539 g/mol. The molecular weight excluding hydrogens is 520 g/mol. The van der Waals surface area contributed by atoms with Crippen molar-refractivity contribution in [1.82, 2.24) is 9.55 Å². The van der Waals surface area contributed by atoms with Crippen molar-refractivity contribution in [2.75, 3.05) is 21.3 Å². The van der Waals surface area contributed by atoms with Gasteiger partial charge < -0.3 is 23.0 Å². The predicted octanol–water partition coefficient (Wildman–Crippen LogP) is 4.60. The maximum atomic E-state index is 13.8. The van der Waals surface area contributed by atoms with Crippen LogP contribution in [0.1, 0.15) is 5.76 Å². The second-order valence-corrected chi connectivity index (χ2v) is 8.49. The quantitative estimate of drug-likeness (QED) is 0.289. The van der Waals surface area contributed by atoms with E-state index in [1.54, 1.807) is 42.5 Å².